The number of nitrogens with zero attached hydrogens (tertiary/aromatic N) is 2. The number of ether oxygens (including phenoxy) is 4. The zero-order valence-electron chi connectivity index (χ0n) is 25.8. The van der Waals surface area contributed by atoms with E-state index in [-0.39, 0.29) is 17.4 Å². The van der Waals surface area contributed by atoms with Crippen LogP contribution >= 0.6 is 11.3 Å². The molecule has 2 aliphatic heterocycles. The molecular formula is C35H36N2O7S. The molecular weight excluding hydrogens is 592 g/mol. The Morgan fingerprint density at radius 1 is 1.04 bits per heavy atom. The predicted molar refractivity (Wildman–Crippen MR) is 174 cm³/mol. The third-order valence-corrected chi connectivity index (χ3v) is 9.01. The van der Waals surface area contributed by atoms with Gasteiger partial charge in [0.05, 0.1) is 42.2 Å². The first-order valence-electron chi connectivity index (χ1n) is 15.3. The number of benzene rings is 3. The molecule has 0 radical (unpaired) electrons. The van der Waals surface area contributed by atoms with Crippen LogP contribution in [0.4, 0.5) is 5.13 Å². The number of ketones is 1. The van der Waals surface area contributed by atoms with Crippen LogP contribution in [-0.4, -0.2) is 48.2 Å². The quantitative estimate of drug-likeness (QED) is 0.0803. The monoisotopic (exact) mass is 628 g/mol. The lowest BCUT2D eigenvalue weighted by Crippen LogP contribution is -2.29. The molecule has 1 N–H and O–H groups in total. The number of anilines is 1. The lowest BCUT2D eigenvalue weighted by Gasteiger charge is -2.24. The number of Topliss-reactive ketones (excluding diaryl/α,β-unsaturated/α-hetero) is 1. The van der Waals surface area contributed by atoms with E-state index < -0.39 is 17.7 Å². The molecule has 3 heterocycles. The molecule has 2 aliphatic rings. The SMILES string of the molecule is CCCCCOc1ccc([C@@H]2C(=C(O)c3ccc4c(c3)C[C@@H](C)O4)C(=O)C(=O)N2c2nc3ccc(OCC)cc3s2)cc1OC. The van der Waals surface area contributed by atoms with Gasteiger partial charge in [0.2, 0.25) is 0 Å². The number of carbonyl (C=O) groups is 2. The van der Waals surface area contributed by atoms with E-state index in [1.165, 1.54) is 16.2 Å². The number of amides is 1. The Morgan fingerprint density at radius 3 is 2.67 bits per heavy atom. The first-order chi connectivity index (χ1) is 21.8. The maximum Gasteiger partial charge on any atom is 0.301 e. The summed E-state index contributed by atoms with van der Waals surface area (Å²) in [5.74, 6) is 0.624. The van der Waals surface area contributed by atoms with Crippen molar-refractivity contribution in [3.63, 3.8) is 0 Å². The van der Waals surface area contributed by atoms with Crippen molar-refractivity contribution in [2.45, 2.75) is 58.6 Å². The van der Waals surface area contributed by atoms with Crippen molar-refractivity contribution in [1.29, 1.82) is 0 Å². The summed E-state index contributed by atoms with van der Waals surface area (Å²) in [6.45, 7) is 7.07. The van der Waals surface area contributed by atoms with Crippen LogP contribution in [0.1, 0.15) is 62.8 Å². The lowest BCUT2D eigenvalue weighted by molar-refractivity contribution is -0.132. The van der Waals surface area contributed by atoms with Crippen LogP contribution < -0.4 is 23.8 Å². The number of fused-ring (bicyclic) bond motifs is 2. The second-order valence-electron chi connectivity index (χ2n) is 11.1. The van der Waals surface area contributed by atoms with Crippen LogP contribution in [0.5, 0.6) is 23.0 Å². The number of aliphatic hydroxyl groups is 1. The van der Waals surface area contributed by atoms with Gasteiger partial charge in [-0.15, -0.1) is 0 Å². The van der Waals surface area contributed by atoms with Gasteiger partial charge >= 0.3 is 5.91 Å². The van der Waals surface area contributed by atoms with Crippen LogP contribution in [0.3, 0.4) is 0 Å². The van der Waals surface area contributed by atoms with Crippen molar-refractivity contribution in [2.75, 3.05) is 25.2 Å². The van der Waals surface area contributed by atoms with E-state index >= 15 is 0 Å². The number of hydrogen-bond acceptors (Lipinski definition) is 9. The van der Waals surface area contributed by atoms with Crippen LogP contribution in [0.25, 0.3) is 16.0 Å². The second-order valence-corrected chi connectivity index (χ2v) is 12.2. The average Bonchev–Trinajstić information content (AvgIpc) is 3.70. The molecule has 0 saturated carbocycles. The summed E-state index contributed by atoms with van der Waals surface area (Å²) in [5.41, 5.74) is 2.57. The Balaban J connectivity index is 1.47. The molecule has 1 amide bonds. The van der Waals surface area contributed by atoms with Gasteiger partial charge in [0.25, 0.3) is 5.78 Å². The summed E-state index contributed by atoms with van der Waals surface area (Å²) < 4.78 is 24.0. The van der Waals surface area contributed by atoms with Crippen molar-refractivity contribution >= 4 is 44.1 Å². The summed E-state index contributed by atoms with van der Waals surface area (Å²) >= 11 is 1.28. The molecule has 6 rings (SSSR count). The molecule has 0 bridgehead atoms. The Bertz CT molecular complexity index is 1800. The molecule has 1 aromatic heterocycles. The number of aromatic nitrogens is 1. The number of hydrogen-bond donors (Lipinski definition) is 1. The summed E-state index contributed by atoms with van der Waals surface area (Å²) in [6.07, 6.45) is 3.74. The predicted octanol–water partition coefficient (Wildman–Crippen LogP) is 7.22. The molecule has 10 heteroatoms. The highest BCUT2D eigenvalue weighted by Gasteiger charge is 2.48. The molecule has 4 aromatic rings. The minimum atomic E-state index is -0.969. The Kier molecular flexibility index (Phi) is 8.67. The normalized spacial score (nSPS) is 18.7. The maximum absolute atomic E-state index is 13.8. The van der Waals surface area contributed by atoms with Crippen LogP contribution in [-0.2, 0) is 16.0 Å². The molecule has 9 nitrogen and oxygen atoms in total. The Labute approximate surface area is 266 Å². The van der Waals surface area contributed by atoms with Crippen molar-refractivity contribution in [3.8, 4) is 23.0 Å². The smallest absolute Gasteiger partial charge is 0.301 e. The van der Waals surface area contributed by atoms with Crippen molar-refractivity contribution in [2.24, 2.45) is 0 Å². The van der Waals surface area contributed by atoms with Crippen molar-refractivity contribution in [3.05, 3.63) is 76.9 Å². The summed E-state index contributed by atoms with van der Waals surface area (Å²) in [6, 6.07) is 15.2. The molecule has 1 fully saturated rings. The van der Waals surface area contributed by atoms with Crippen LogP contribution in [0.15, 0.2) is 60.2 Å². The van der Waals surface area contributed by atoms with E-state index in [4.69, 9.17) is 23.9 Å². The topological polar surface area (TPSA) is 107 Å². The van der Waals surface area contributed by atoms with Gasteiger partial charge in [-0.2, -0.15) is 0 Å². The van der Waals surface area contributed by atoms with Crippen molar-refractivity contribution in [1.82, 2.24) is 4.98 Å². The van der Waals surface area contributed by atoms with Gasteiger partial charge in [-0.05, 0) is 79.9 Å². The van der Waals surface area contributed by atoms with Gasteiger partial charge < -0.3 is 24.1 Å². The molecule has 0 unspecified atom stereocenters. The van der Waals surface area contributed by atoms with Gasteiger partial charge in [0, 0.05) is 12.0 Å². The third-order valence-electron chi connectivity index (χ3n) is 7.99. The van der Waals surface area contributed by atoms with E-state index in [1.807, 2.05) is 38.1 Å². The zero-order chi connectivity index (χ0) is 31.7. The van der Waals surface area contributed by atoms with Gasteiger partial charge in [-0.3, -0.25) is 14.5 Å². The van der Waals surface area contributed by atoms with Gasteiger partial charge in [-0.25, -0.2) is 4.98 Å². The average molecular weight is 629 g/mol. The Morgan fingerprint density at radius 2 is 1.89 bits per heavy atom. The molecule has 0 aliphatic carbocycles. The largest absolute Gasteiger partial charge is 0.507 e. The standard InChI is InChI=1S/C35H36N2O7S/c1-5-7-8-15-43-27-14-9-21(18-28(27)41-4)31-30(32(38)22-10-13-26-23(17-22)16-20(3)44-26)33(39)34(40)37(31)35-36-25-12-11-24(42-6-2)19-29(25)45-35/h9-14,17-20,31,38H,5-8,15-16H2,1-4H3/t20-,31-/m1/s1. The minimum Gasteiger partial charge on any atom is -0.507 e. The van der Waals surface area contributed by atoms with Crippen LogP contribution in [0, 0.1) is 0 Å². The summed E-state index contributed by atoms with van der Waals surface area (Å²) in [5, 5.41) is 12.1. The number of unbranched alkanes of at least 4 members (excludes halogenated alkanes) is 2. The van der Waals surface area contributed by atoms with Crippen molar-refractivity contribution < 1.29 is 33.6 Å². The van der Waals surface area contributed by atoms with E-state index in [2.05, 4.69) is 6.92 Å². The highest BCUT2D eigenvalue weighted by Crippen LogP contribution is 2.46. The van der Waals surface area contributed by atoms with E-state index in [0.717, 1.165) is 35.3 Å². The number of methoxy groups -OCH3 is 1. The molecule has 1 saturated heterocycles. The first kappa shape index (κ1) is 30.5. The second kappa shape index (κ2) is 12.8. The van der Waals surface area contributed by atoms with E-state index in [1.54, 1.807) is 37.4 Å². The zero-order valence-corrected chi connectivity index (χ0v) is 26.6. The van der Waals surface area contributed by atoms with Gasteiger partial charge in [0.15, 0.2) is 16.6 Å². The van der Waals surface area contributed by atoms with Gasteiger partial charge in [-0.1, -0.05) is 37.2 Å². The van der Waals surface area contributed by atoms with Gasteiger partial charge in [0.1, 0.15) is 23.4 Å². The fourth-order valence-corrected chi connectivity index (χ4v) is 6.85. The molecule has 0 spiro atoms. The highest BCUT2D eigenvalue weighted by molar-refractivity contribution is 7.22. The summed E-state index contributed by atoms with van der Waals surface area (Å²) in [7, 11) is 1.55. The molecule has 3 aromatic carbocycles. The van der Waals surface area contributed by atoms with E-state index in [9.17, 15) is 14.7 Å². The number of carbonyl (C=O) groups excluding carboxylic acids is 2. The lowest BCUT2D eigenvalue weighted by atomic mass is 9.94. The highest BCUT2D eigenvalue weighted by atomic mass is 32.1. The fourth-order valence-electron chi connectivity index (χ4n) is 5.83. The number of thiazole rings is 1. The Hall–Kier alpha value is -4.57. The minimum absolute atomic E-state index is 0.0143. The first-order valence-corrected chi connectivity index (χ1v) is 16.1. The fraction of sp³-hybridized carbons (Fsp3) is 0.343. The molecule has 2 atom stereocenters. The molecule has 45 heavy (non-hydrogen) atoms. The molecule has 234 valence electrons. The summed E-state index contributed by atoms with van der Waals surface area (Å²) in [4.78, 5) is 33.8. The van der Waals surface area contributed by atoms with Crippen LogP contribution in [0.2, 0.25) is 0 Å². The number of aliphatic hydroxyl groups excluding tert-OH is 1. The number of rotatable bonds is 11. The maximum atomic E-state index is 13.8. The van der Waals surface area contributed by atoms with E-state index in [0.29, 0.717) is 58.7 Å². The third kappa shape index (κ3) is 5.82.